The monoisotopic (exact) mass is 185 g/mol. The van der Waals surface area contributed by atoms with Crippen LogP contribution in [-0.4, -0.2) is 36.5 Å². The molecule has 0 unspecified atom stereocenters. The molecule has 0 radical (unpaired) electrons. The van der Waals surface area contributed by atoms with Crippen molar-refractivity contribution in [2.24, 2.45) is 0 Å². The first-order chi connectivity index (χ1) is 6.19. The summed E-state index contributed by atoms with van der Waals surface area (Å²) in [6.07, 6.45) is 1.53. The van der Waals surface area contributed by atoms with E-state index in [1.807, 2.05) is 6.92 Å². The number of Topliss-reactive ketones (excluding diaryl/α,β-unsaturated/α-hetero) is 1. The fourth-order valence-corrected chi connectivity index (χ4v) is 1.71. The molecule has 0 aromatic rings. The Balaban J connectivity index is 2.56. The van der Waals surface area contributed by atoms with Crippen LogP contribution in [0.3, 0.4) is 0 Å². The predicted octanol–water partition coefficient (Wildman–Crippen LogP) is 1.20. The molecule has 1 atom stereocenters. The Kier molecular flexibility index (Phi) is 3.28. The van der Waals surface area contributed by atoms with E-state index in [1.54, 1.807) is 4.90 Å². The third-order valence-electron chi connectivity index (χ3n) is 2.41. The van der Waals surface area contributed by atoms with Crippen LogP contribution in [0.15, 0.2) is 0 Å². The minimum Gasteiger partial charge on any atom is -0.453 e. The average molecular weight is 185 g/mol. The molecule has 1 aliphatic rings. The third-order valence-corrected chi connectivity index (χ3v) is 2.41. The Morgan fingerprint density at radius 3 is 2.77 bits per heavy atom. The van der Waals surface area contributed by atoms with Crippen LogP contribution in [0.4, 0.5) is 4.79 Å². The number of carbonyl (C=O) groups is 2. The Labute approximate surface area is 77.8 Å². The molecule has 0 aliphatic heterocycles. The highest BCUT2D eigenvalue weighted by atomic mass is 16.5. The zero-order valence-electron chi connectivity index (χ0n) is 8.08. The second-order valence-corrected chi connectivity index (χ2v) is 3.19. The summed E-state index contributed by atoms with van der Waals surface area (Å²) < 4.78 is 4.63. The zero-order valence-corrected chi connectivity index (χ0v) is 8.08. The van der Waals surface area contributed by atoms with E-state index in [0.717, 1.165) is 6.42 Å². The largest absolute Gasteiger partial charge is 0.453 e. The Morgan fingerprint density at radius 2 is 2.38 bits per heavy atom. The number of hydrogen-bond acceptors (Lipinski definition) is 3. The first-order valence-electron chi connectivity index (χ1n) is 4.55. The smallest absolute Gasteiger partial charge is 0.409 e. The normalized spacial score (nSPS) is 21.7. The molecule has 1 rings (SSSR count). The molecular formula is C9H15NO3. The first kappa shape index (κ1) is 10.0. The van der Waals surface area contributed by atoms with E-state index in [9.17, 15) is 9.59 Å². The highest BCUT2D eigenvalue weighted by Gasteiger charge is 2.30. The highest BCUT2D eigenvalue weighted by Crippen LogP contribution is 2.20. The summed E-state index contributed by atoms with van der Waals surface area (Å²) in [5.74, 6) is 0.243. The topological polar surface area (TPSA) is 46.6 Å². The van der Waals surface area contributed by atoms with E-state index in [4.69, 9.17) is 0 Å². The lowest BCUT2D eigenvalue weighted by Gasteiger charge is -2.25. The van der Waals surface area contributed by atoms with Gasteiger partial charge >= 0.3 is 6.09 Å². The van der Waals surface area contributed by atoms with Crippen LogP contribution in [0.1, 0.15) is 26.2 Å². The van der Waals surface area contributed by atoms with Gasteiger partial charge < -0.3 is 9.64 Å². The summed E-state index contributed by atoms with van der Waals surface area (Å²) in [7, 11) is 1.36. The summed E-state index contributed by atoms with van der Waals surface area (Å²) in [6, 6.07) is 0.0601. The molecule has 1 saturated carbocycles. The summed E-state index contributed by atoms with van der Waals surface area (Å²) in [4.78, 5) is 23.9. The number of hydrogen-bond donors (Lipinski definition) is 0. The minimum atomic E-state index is -0.331. The summed E-state index contributed by atoms with van der Waals surface area (Å²) in [6.45, 7) is 2.49. The molecule has 4 heteroatoms. The fourth-order valence-electron chi connectivity index (χ4n) is 1.71. The van der Waals surface area contributed by atoms with Crippen LogP contribution < -0.4 is 0 Å². The Bertz CT molecular complexity index is 215. The van der Waals surface area contributed by atoms with Gasteiger partial charge in [0.05, 0.1) is 7.11 Å². The van der Waals surface area contributed by atoms with Gasteiger partial charge in [-0.05, 0) is 13.3 Å². The molecule has 0 saturated heterocycles. The molecule has 0 bridgehead atoms. The second kappa shape index (κ2) is 4.25. The molecular weight excluding hydrogens is 170 g/mol. The molecule has 13 heavy (non-hydrogen) atoms. The van der Waals surface area contributed by atoms with Gasteiger partial charge in [-0.2, -0.15) is 0 Å². The first-order valence-corrected chi connectivity index (χ1v) is 4.55. The molecule has 0 N–H and O–H groups in total. The van der Waals surface area contributed by atoms with Gasteiger partial charge in [-0.1, -0.05) is 0 Å². The van der Waals surface area contributed by atoms with E-state index in [0.29, 0.717) is 19.4 Å². The summed E-state index contributed by atoms with van der Waals surface area (Å²) in [5.41, 5.74) is 0. The SMILES string of the molecule is CCN(C(=O)OC)[C@@H]1CCC(=O)C1. The summed E-state index contributed by atoms with van der Waals surface area (Å²) >= 11 is 0. The third kappa shape index (κ3) is 2.20. The van der Waals surface area contributed by atoms with E-state index >= 15 is 0 Å². The van der Waals surface area contributed by atoms with Crippen molar-refractivity contribution < 1.29 is 14.3 Å². The van der Waals surface area contributed by atoms with Crippen molar-refractivity contribution in [1.82, 2.24) is 4.90 Å². The molecule has 1 amide bonds. The number of ketones is 1. The van der Waals surface area contributed by atoms with Crippen molar-refractivity contribution >= 4 is 11.9 Å². The van der Waals surface area contributed by atoms with Crippen LogP contribution in [0.25, 0.3) is 0 Å². The summed E-state index contributed by atoms with van der Waals surface area (Å²) in [5, 5.41) is 0. The van der Waals surface area contributed by atoms with Gasteiger partial charge in [-0.15, -0.1) is 0 Å². The van der Waals surface area contributed by atoms with Gasteiger partial charge in [0.15, 0.2) is 0 Å². The fraction of sp³-hybridized carbons (Fsp3) is 0.778. The maximum absolute atomic E-state index is 11.2. The van der Waals surface area contributed by atoms with Crippen molar-refractivity contribution in [2.75, 3.05) is 13.7 Å². The van der Waals surface area contributed by atoms with Crippen LogP contribution in [0.2, 0.25) is 0 Å². The zero-order chi connectivity index (χ0) is 9.84. The van der Waals surface area contributed by atoms with E-state index in [1.165, 1.54) is 7.11 Å². The molecule has 4 nitrogen and oxygen atoms in total. The minimum absolute atomic E-state index is 0.0601. The van der Waals surface area contributed by atoms with Crippen molar-refractivity contribution in [3.63, 3.8) is 0 Å². The lowest BCUT2D eigenvalue weighted by molar-refractivity contribution is -0.117. The number of nitrogens with zero attached hydrogens (tertiary/aromatic N) is 1. The van der Waals surface area contributed by atoms with Gasteiger partial charge in [-0.25, -0.2) is 4.79 Å². The van der Waals surface area contributed by atoms with Gasteiger partial charge in [0, 0.05) is 25.4 Å². The maximum Gasteiger partial charge on any atom is 0.409 e. The maximum atomic E-state index is 11.2. The van der Waals surface area contributed by atoms with Crippen LogP contribution in [0, 0.1) is 0 Å². The molecule has 1 fully saturated rings. The molecule has 0 aromatic heterocycles. The number of ether oxygens (including phenoxy) is 1. The van der Waals surface area contributed by atoms with Gasteiger partial charge in [0.1, 0.15) is 5.78 Å². The number of rotatable bonds is 2. The highest BCUT2D eigenvalue weighted by molar-refractivity contribution is 5.82. The van der Waals surface area contributed by atoms with Crippen molar-refractivity contribution in [3.8, 4) is 0 Å². The Hall–Kier alpha value is -1.06. The standard InChI is InChI=1S/C9H15NO3/c1-3-10(9(12)13-2)7-4-5-8(11)6-7/h7H,3-6H2,1-2H3/t7-/m1/s1. The Morgan fingerprint density at radius 1 is 1.69 bits per heavy atom. The lowest BCUT2D eigenvalue weighted by atomic mass is 10.2. The molecule has 74 valence electrons. The van der Waals surface area contributed by atoms with Gasteiger partial charge in [0.25, 0.3) is 0 Å². The van der Waals surface area contributed by atoms with Gasteiger partial charge in [0.2, 0.25) is 0 Å². The number of amides is 1. The van der Waals surface area contributed by atoms with E-state index in [2.05, 4.69) is 4.74 Å². The quantitative estimate of drug-likeness (QED) is 0.649. The lowest BCUT2D eigenvalue weighted by Crippen LogP contribution is -2.38. The molecule has 0 aromatic carbocycles. The van der Waals surface area contributed by atoms with Crippen LogP contribution >= 0.6 is 0 Å². The number of carbonyl (C=O) groups excluding carboxylic acids is 2. The predicted molar refractivity (Wildman–Crippen MR) is 47.4 cm³/mol. The van der Waals surface area contributed by atoms with Crippen LogP contribution in [0.5, 0.6) is 0 Å². The van der Waals surface area contributed by atoms with Crippen molar-refractivity contribution in [2.45, 2.75) is 32.2 Å². The van der Waals surface area contributed by atoms with E-state index in [-0.39, 0.29) is 17.9 Å². The molecule has 0 spiro atoms. The number of methoxy groups -OCH3 is 1. The van der Waals surface area contributed by atoms with Gasteiger partial charge in [-0.3, -0.25) is 4.79 Å². The second-order valence-electron chi connectivity index (χ2n) is 3.19. The van der Waals surface area contributed by atoms with Crippen molar-refractivity contribution in [3.05, 3.63) is 0 Å². The van der Waals surface area contributed by atoms with Crippen LogP contribution in [-0.2, 0) is 9.53 Å². The van der Waals surface area contributed by atoms with Crippen molar-refractivity contribution in [1.29, 1.82) is 0 Å². The van der Waals surface area contributed by atoms with E-state index < -0.39 is 0 Å². The molecule has 1 aliphatic carbocycles. The average Bonchev–Trinajstić information content (AvgIpc) is 2.53. The molecule has 0 heterocycles.